The first-order valence-corrected chi connectivity index (χ1v) is 11.8. The Hall–Kier alpha value is -2.78. The van der Waals surface area contributed by atoms with Crippen molar-refractivity contribution in [3.8, 4) is 17.2 Å². The molecule has 0 aliphatic heterocycles. The Balaban J connectivity index is 1.85. The normalized spacial score (nSPS) is 11.4. The molecule has 0 radical (unpaired) electrons. The molecule has 3 aromatic rings. The van der Waals surface area contributed by atoms with Crippen LogP contribution in [0.25, 0.3) is 0 Å². The molecule has 9 nitrogen and oxygen atoms in total. The fourth-order valence-electron chi connectivity index (χ4n) is 2.56. The Morgan fingerprint density at radius 2 is 1.81 bits per heavy atom. The summed E-state index contributed by atoms with van der Waals surface area (Å²) in [6.45, 7) is 5.65. The molecule has 2 aromatic carbocycles. The van der Waals surface area contributed by atoms with E-state index in [4.69, 9.17) is 9.47 Å². The van der Waals surface area contributed by atoms with Crippen LogP contribution in [-0.4, -0.2) is 31.2 Å². The minimum atomic E-state index is -4.34. The molecule has 164 valence electrons. The van der Waals surface area contributed by atoms with Gasteiger partial charge in [0.15, 0.2) is 0 Å². The second-order valence-electron chi connectivity index (χ2n) is 6.82. The Bertz CT molecular complexity index is 1110. The number of hydrogen-bond acceptors (Lipinski definition) is 7. The summed E-state index contributed by atoms with van der Waals surface area (Å²) >= 11 is 1.10. The lowest BCUT2D eigenvalue weighted by atomic mass is 10.2. The van der Waals surface area contributed by atoms with Gasteiger partial charge in [-0.25, -0.2) is 4.98 Å². The maximum atomic E-state index is 12.7. The Morgan fingerprint density at radius 1 is 1.13 bits per heavy atom. The average Bonchev–Trinajstić information content (AvgIpc) is 3.14. The van der Waals surface area contributed by atoms with Gasteiger partial charge >= 0.3 is 7.60 Å². The van der Waals surface area contributed by atoms with Gasteiger partial charge in [-0.3, -0.25) is 14.7 Å². The van der Waals surface area contributed by atoms with E-state index in [-0.39, 0.29) is 11.4 Å². The monoisotopic (exact) mass is 463 g/mol. The number of nitrogens with zero attached hydrogens (tertiary/aromatic N) is 2. The number of aryl methyl sites for hydroxylation is 1. The molecule has 1 aromatic heterocycles. The summed E-state index contributed by atoms with van der Waals surface area (Å²) in [7, 11) is -4.34. The number of carbonyl (C=O) groups is 1. The first kappa shape index (κ1) is 22.9. The molecule has 0 unspecified atom stereocenters. The van der Waals surface area contributed by atoms with Crippen LogP contribution < -0.4 is 20.1 Å². The molecule has 0 fully saturated rings. The Labute approximate surface area is 183 Å². The van der Waals surface area contributed by atoms with E-state index in [0.717, 1.165) is 11.5 Å². The number of aromatic nitrogens is 2. The number of hydrogen-bond donors (Lipinski definition) is 3. The lowest BCUT2D eigenvalue weighted by molar-refractivity contribution is 0.102. The van der Waals surface area contributed by atoms with Gasteiger partial charge in [0.1, 0.15) is 23.1 Å². The topological polar surface area (TPSA) is 131 Å². The minimum Gasteiger partial charge on any atom is -0.491 e. The fraction of sp³-hybridized carbons (Fsp3) is 0.250. The van der Waals surface area contributed by atoms with E-state index in [1.54, 1.807) is 18.2 Å². The van der Waals surface area contributed by atoms with Crippen molar-refractivity contribution in [2.75, 3.05) is 5.32 Å². The van der Waals surface area contributed by atoms with Crippen molar-refractivity contribution in [1.29, 1.82) is 0 Å². The highest BCUT2D eigenvalue weighted by Crippen LogP contribution is 2.34. The summed E-state index contributed by atoms with van der Waals surface area (Å²) in [4.78, 5) is 35.4. The van der Waals surface area contributed by atoms with Crippen molar-refractivity contribution >= 4 is 35.5 Å². The van der Waals surface area contributed by atoms with Crippen LogP contribution >= 0.6 is 19.1 Å². The standard InChI is InChI=1S/C20H22N3O6PS/c1-4-18-21-20(31-23-18)22-19(24)13-9-15(28-12(2)3)11-16(10-13)29-14-5-7-17(8-6-14)30(25,26)27/h5-12H,4H2,1-3H3,(H2,25,26,27)(H,21,22,23,24). The van der Waals surface area contributed by atoms with Crippen molar-refractivity contribution in [2.24, 2.45) is 0 Å². The predicted molar refractivity (Wildman–Crippen MR) is 118 cm³/mol. The SMILES string of the molecule is CCc1nsc(NC(=O)c2cc(Oc3ccc(P(=O)(O)O)cc3)cc(OC(C)C)c2)n1. The quantitative estimate of drug-likeness (QED) is 0.431. The number of carbonyl (C=O) groups excluding carboxylic acids is 1. The van der Waals surface area contributed by atoms with Crippen LogP contribution in [0, 0.1) is 0 Å². The number of ether oxygens (including phenoxy) is 2. The van der Waals surface area contributed by atoms with E-state index in [1.807, 2.05) is 20.8 Å². The second-order valence-corrected chi connectivity index (χ2v) is 9.18. The zero-order valence-corrected chi connectivity index (χ0v) is 18.8. The van der Waals surface area contributed by atoms with Crippen molar-refractivity contribution in [2.45, 2.75) is 33.3 Å². The van der Waals surface area contributed by atoms with E-state index >= 15 is 0 Å². The smallest absolute Gasteiger partial charge is 0.356 e. The van der Waals surface area contributed by atoms with Gasteiger partial charge in [0, 0.05) is 29.6 Å². The molecule has 0 aliphatic rings. The van der Waals surface area contributed by atoms with Crippen LogP contribution in [0.15, 0.2) is 42.5 Å². The largest absolute Gasteiger partial charge is 0.491 e. The van der Waals surface area contributed by atoms with Gasteiger partial charge in [-0.2, -0.15) is 4.37 Å². The number of amides is 1. The highest BCUT2D eigenvalue weighted by Gasteiger charge is 2.17. The fourth-order valence-corrected chi connectivity index (χ4v) is 3.75. The van der Waals surface area contributed by atoms with Crippen molar-refractivity contribution < 1.29 is 28.6 Å². The van der Waals surface area contributed by atoms with Crippen LogP contribution in [0.3, 0.4) is 0 Å². The maximum Gasteiger partial charge on any atom is 0.356 e. The second kappa shape index (κ2) is 9.57. The molecule has 0 aliphatic carbocycles. The van der Waals surface area contributed by atoms with E-state index < -0.39 is 13.5 Å². The Morgan fingerprint density at radius 3 is 2.39 bits per heavy atom. The molecule has 0 bridgehead atoms. The van der Waals surface area contributed by atoms with Gasteiger partial charge in [0.25, 0.3) is 5.91 Å². The molecule has 0 saturated carbocycles. The number of anilines is 1. The molecule has 0 atom stereocenters. The summed E-state index contributed by atoms with van der Waals surface area (Å²) in [5.41, 5.74) is 0.299. The molecule has 0 saturated heterocycles. The van der Waals surface area contributed by atoms with E-state index in [0.29, 0.717) is 40.2 Å². The summed E-state index contributed by atoms with van der Waals surface area (Å²) in [6.07, 6.45) is 0.548. The maximum absolute atomic E-state index is 12.7. The first-order chi connectivity index (χ1) is 14.6. The summed E-state index contributed by atoms with van der Waals surface area (Å²) < 4.78 is 27.0. The van der Waals surface area contributed by atoms with Crippen LogP contribution in [-0.2, 0) is 11.0 Å². The molecule has 31 heavy (non-hydrogen) atoms. The highest BCUT2D eigenvalue weighted by atomic mass is 32.1. The molecular formula is C20H22N3O6PS. The van der Waals surface area contributed by atoms with Crippen molar-refractivity contribution in [3.05, 3.63) is 53.9 Å². The van der Waals surface area contributed by atoms with Gasteiger partial charge in [-0.15, -0.1) is 0 Å². The van der Waals surface area contributed by atoms with E-state index in [1.165, 1.54) is 24.3 Å². The molecular weight excluding hydrogens is 441 g/mol. The summed E-state index contributed by atoms with van der Waals surface area (Å²) in [5.74, 6) is 1.38. The predicted octanol–water partition coefficient (Wildman–Crippen LogP) is 3.74. The van der Waals surface area contributed by atoms with Crippen LogP contribution in [0.5, 0.6) is 17.2 Å². The zero-order valence-electron chi connectivity index (χ0n) is 17.1. The number of benzene rings is 2. The van der Waals surface area contributed by atoms with Gasteiger partial charge in [0.05, 0.1) is 11.4 Å². The van der Waals surface area contributed by atoms with Crippen molar-refractivity contribution in [3.63, 3.8) is 0 Å². The average molecular weight is 463 g/mol. The van der Waals surface area contributed by atoms with Gasteiger partial charge in [-0.1, -0.05) is 6.92 Å². The van der Waals surface area contributed by atoms with E-state index in [2.05, 4.69) is 14.7 Å². The third-order valence-electron chi connectivity index (χ3n) is 3.93. The van der Waals surface area contributed by atoms with Crippen LogP contribution in [0.1, 0.15) is 37.0 Å². The lowest BCUT2D eigenvalue weighted by Crippen LogP contribution is -2.13. The highest BCUT2D eigenvalue weighted by molar-refractivity contribution is 7.60. The summed E-state index contributed by atoms with van der Waals surface area (Å²) in [5, 5.41) is 3.00. The first-order valence-electron chi connectivity index (χ1n) is 9.43. The molecule has 0 spiro atoms. The lowest BCUT2D eigenvalue weighted by Gasteiger charge is -2.14. The van der Waals surface area contributed by atoms with Crippen molar-refractivity contribution in [1.82, 2.24) is 9.36 Å². The number of nitrogens with one attached hydrogen (secondary N) is 1. The Kier molecular flexibility index (Phi) is 7.07. The van der Waals surface area contributed by atoms with Gasteiger partial charge < -0.3 is 19.3 Å². The number of rotatable bonds is 8. The molecule has 3 rings (SSSR count). The molecule has 3 N–H and O–H groups in total. The van der Waals surface area contributed by atoms with Crippen LogP contribution in [0.4, 0.5) is 5.13 Å². The van der Waals surface area contributed by atoms with Gasteiger partial charge in [-0.05, 0) is 50.2 Å². The zero-order chi connectivity index (χ0) is 22.6. The van der Waals surface area contributed by atoms with E-state index in [9.17, 15) is 19.1 Å². The molecule has 1 heterocycles. The minimum absolute atomic E-state index is 0.111. The third-order valence-corrected chi connectivity index (χ3v) is 5.57. The summed E-state index contributed by atoms with van der Waals surface area (Å²) in [6, 6.07) is 10.2. The molecule has 1 amide bonds. The van der Waals surface area contributed by atoms with Gasteiger partial charge in [0.2, 0.25) is 5.13 Å². The van der Waals surface area contributed by atoms with Crippen LogP contribution in [0.2, 0.25) is 0 Å². The molecule has 11 heteroatoms. The third kappa shape index (κ3) is 6.35.